The highest BCUT2D eigenvalue weighted by molar-refractivity contribution is 6.04. The molecule has 1 aromatic heterocycles. The zero-order valence-electron chi connectivity index (χ0n) is 15.3. The average molecular weight is 377 g/mol. The van der Waals surface area contributed by atoms with Crippen LogP contribution in [-0.4, -0.2) is 30.1 Å². The number of nitrogens with zero attached hydrogens (tertiary/aromatic N) is 2. The first-order valence-electron chi connectivity index (χ1n) is 8.89. The number of carbonyl (C=O) groups is 2. The van der Waals surface area contributed by atoms with Gasteiger partial charge in [-0.2, -0.15) is 0 Å². The number of rotatable bonds is 5. The van der Waals surface area contributed by atoms with E-state index in [4.69, 9.17) is 9.47 Å². The normalized spacial score (nSPS) is 12.0. The lowest BCUT2D eigenvalue weighted by atomic mass is 10.1. The van der Waals surface area contributed by atoms with Crippen LogP contribution in [0.3, 0.4) is 0 Å². The topological polar surface area (TPSA) is 80.8 Å². The molecule has 2 amide bonds. The number of pyridine rings is 1. The molecule has 3 aromatic rings. The SMILES string of the molecule is CC(=O)N(CC(=O)NCc1ccc2c(c1)OCO2)c1cccc2cccnc12. The molecule has 1 aliphatic rings. The van der Waals surface area contributed by atoms with E-state index in [1.54, 1.807) is 12.3 Å². The lowest BCUT2D eigenvalue weighted by molar-refractivity contribution is -0.123. The molecular formula is C21H19N3O4. The van der Waals surface area contributed by atoms with Crippen molar-refractivity contribution in [1.82, 2.24) is 10.3 Å². The number of ether oxygens (including phenoxy) is 2. The van der Waals surface area contributed by atoms with E-state index < -0.39 is 0 Å². The second-order valence-corrected chi connectivity index (χ2v) is 6.42. The van der Waals surface area contributed by atoms with E-state index in [1.165, 1.54) is 11.8 Å². The van der Waals surface area contributed by atoms with E-state index in [-0.39, 0.29) is 25.2 Å². The van der Waals surface area contributed by atoms with Crippen LogP contribution in [-0.2, 0) is 16.1 Å². The van der Waals surface area contributed by atoms with Crippen LogP contribution in [0.4, 0.5) is 5.69 Å². The van der Waals surface area contributed by atoms with Gasteiger partial charge in [-0.1, -0.05) is 24.3 Å². The van der Waals surface area contributed by atoms with Gasteiger partial charge in [-0.05, 0) is 29.8 Å². The minimum absolute atomic E-state index is 0.0877. The van der Waals surface area contributed by atoms with Gasteiger partial charge in [0.1, 0.15) is 6.54 Å². The van der Waals surface area contributed by atoms with E-state index in [9.17, 15) is 9.59 Å². The predicted molar refractivity (Wildman–Crippen MR) is 104 cm³/mol. The van der Waals surface area contributed by atoms with Crippen molar-refractivity contribution in [3.05, 3.63) is 60.3 Å². The number of para-hydroxylation sites is 1. The summed E-state index contributed by atoms with van der Waals surface area (Å²) in [4.78, 5) is 30.5. The van der Waals surface area contributed by atoms with Gasteiger partial charge in [0.15, 0.2) is 11.5 Å². The average Bonchev–Trinajstić information content (AvgIpc) is 3.18. The summed E-state index contributed by atoms with van der Waals surface area (Å²) in [6, 6.07) is 14.8. The molecule has 28 heavy (non-hydrogen) atoms. The molecule has 1 aliphatic heterocycles. The van der Waals surface area contributed by atoms with Crippen molar-refractivity contribution in [2.45, 2.75) is 13.5 Å². The number of benzene rings is 2. The number of hydrogen-bond donors (Lipinski definition) is 1. The minimum atomic E-state index is -0.263. The van der Waals surface area contributed by atoms with E-state index in [0.29, 0.717) is 29.2 Å². The Morgan fingerprint density at radius 3 is 2.79 bits per heavy atom. The Labute approximate surface area is 161 Å². The van der Waals surface area contributed by atoms with Crippen molar-refractivity contribution >= 4 is 28.4 Å². The molecule has 0 spiro atoms. The number of hydrogen-bond acceptors (Lipinski definition) is 5. The molecule has 1 N–H and O–H groups in total. The monoisotopic (exact) mass is 377 g/mol. The molecule has 0 bridgehead atoms. The van der Waals surface area contributed by atoms with Gasteiger partial charge >= 0.3 is 0 Å². The lowest BCUT2D eigenvalue weighted by Gasteiger charge is -2.22. The highest BCUT2D eigenvalue weighted by atomic mass is 16.7. The molecule has 2 aromatic carbocycles. The number of amides is 2. The largest absolute Gasteiger partial charge is 0.454 e. The van der Waals surface area contributed by atoms with Crippen molar-refractivity contribution in [2.24, 2.45) is 0 Å². The molecule has 4 rings (SSSR count). The number of nitrogens with one attached hydrogen (secondary N) is 1. The zero-order valence-corrected chi connectivity index (χ0v) is 15.3. The second kappa shape index (κ2) is 7.56. The highest BCUT2D eigenvalue weighted by Gasteiger charge is 2.19. The fourth-order valence-electron chi connectivity index (χ4n) is 3.12. The van der Waals surface area contributed by atoms with Crippen molar-refractivity contribution in [1.29, 1.82) is 0 Å². The summed E-state index contributed by atoms with van der Waals surface area (Å²) >= 11 is 0. The number of aromatic nitrogens is 1. The Balaban J connectivity index is 1.47. The third kappa shape index (κ3) is 3.59. The van der Waals surface area contributed by atoms with Crippen LogP contribution >= 0.6 is 0 Å². The second-order valence-electron chi connectivity index (χ2n) is 6.42. The Morgan fingerprint density at radius 1 is 1.11 bits per heavy atom. The van der Waals surface area contributed by atoms with Gasteiger partial charge in [0.05, 0.1) is 11.2 Å². The Morgan fingerprint density at radius 2 is 1.93 bits per heavy atom. The zero-order chi connectivity index (χ0) is 19.5. The summed E-state index contributed by atoms with van der Waals surface area (Å²) in [6.07, 6.45) is 1.67. The third-order valence-electron chi connectivity index (χ3n) is 4.51. The minimum Gasteiger partial charge on any atom is -0.454 e. The molecule has 0 saturated carbocycles. The lowest BCUT2D eigenvalue weighted by Crippen LogP contribution is -2.39. The molecule has 0 aliphatic carbocycles. The van der Waals surface area contributed by atoms with Crippen LogP contribution in [0, 0.1) is 0 Å². The van der Waals surface area contributed by atoms with Gasteiger partial charge in [-0.15, -0.1) is 0 Å². The molecule has 7 nitrogen and oxygen atoms in total. The molecule has 0 unspecified atom stereocenters. The van der Waals surface area contributed by atoms with Gasteiger partial charge < -0.3 is 19.7 Å². The molecule has 0 fully saturated rings. The molecule has 7 heteroatoms. The van der Waals surface area contributed by atoms with E-state index in [0.717, 1.165) is 10.9 Å². The number of anilines is 1. The highest BCUT2D eigenvalue weighted by Crippen LogP contribution is 2.32. The van der Waals surface area contributed by atoms with Crippen molar-refractivity contribution in [3.63, 3.8) is 0 Å². The van der Waals surface area contributed by atoms with Gasteiger partial charge in [-0.3, -0.25) is 14.6 Å². The van der Waals surface area contributed by atoms with Crippen molar-refractivity contribution in [3.8, 4) is 11.5 Å². The maximum atomic E-state index is 12.5. The smallest absolute Gasteiger partial charge is 0.240 e. The Bertz CT molecular complexity index is 1050. The fourth-order valence-corrected chi connectivity index (χ4v) is 3.12. The standard InChI is InChI=1S/C21H19N3O4/c1-14(25)24(17-6-2-4-16-5-3-9-22-21(16)17)12-20(26)23-11-15-7-8-18-19(10-15)28-13-27-18/h2-10H,11-13H2,1H3,(H,23,26). The van der Waals surface area contributed by atoms with Crippen LogP contribution in [0.25, 0.3) is 10.9 Å². The van der Waals surface area contributed by atoms with Crippen LogP contribution in [0.1, 0.15) is 12.5 Å². The van der Waals surface area contributed by atoms with Crippen LogP contribution in [0.15, 0.2) is 54.7 Å². The maximum Gasteiger partial charge on any atom is 0.240 e. The van der Waals surface area contributed by atoms with Crippen LogP contribution in [0.5, 0.6) is 11.5 Å². The van der Waals surface area contributed by atoms with Crippen molar-refractivity contribution < 1.29 is 19.1 Å². The first-order valence-corrected chi connectivity index (χ1v) is 8.89. The van der Waals surface area contributed by atoms with Gasteiger partial charge in [0, 0.05) is 25.1 Å². The van der Waals surface area contributed by atoms with Gasteiger partial charge in [0.2, 0.25) is 18.6 Å². The van der Waals surface area contributed by atoms with E-state index in [2.05, 4.69) is 10.3 Å². The van der Waals surface area contributed by atoms with Crippen LogP contribution < -0.4 is 19.7 Å². The Hall–Kier alpha value is -3.61. The predicted octanol–water partition coefficient (Wildman–Crippen LogP) is 2.63. The molecular weight excluding hydrogens is 358 g/mol. The molecule has 0 saturated heterocycles. The maximum absolute atomic E-state index is 12.5. The molecule has 0 atom stereocenters. The van der Waals surface area contributed by atoms with E-state index in [1.807, 2.05) is 42.5 Å². The van der Waals surface area contributed by atoms with Gasteiger partial charge in [-0.25, -0.2) is 0 Å². The first-order chi connectivity index (χ1) is 13.6. The first kappa shape index (κ1) is 17.8. The summed E-state index contributed by atoms with van der Waals surface area (Å²) in [5.41, 5.74) is 2.19. The summed E-state index contributed by atoms with van der Waals surface area (Å²) in [6.45, 7) is 1.88. The summed E-state index contributed by atoms with van der Waals surface area (Å²) in [5, 5.41) is 3.75. The Kier molecular flexibility index (Phi) is 4.80. The summed E-state index contributed by atoms with van der Waals surface area (Å²) < 4.78 is 10.6. The fraction of sp³-hybridized carbons (Fsp3) is 0.190. The number of fused-ring (bicyclic) bond motifs is 2. The van der Waals surface area contributed by atoms with Crippen LogP contribution in [0.2, 0.25) is 0 Å². The molecule has 0 radical (unpaired) electrons. The third-order valence-corrected chi connectivity index (χ3v) is 4.51. The number of carbonyl (C=O) groups excluding carboxylic acids is 2. The van der Waals surface area contributed by atoms with E-state index >= 15 is 0 Å². The van der Waals surface area contributed by atoms with Crippen molar-refractivity contribution in [2.75, 3.05) is 18.2 Å². The molecule has 142 valence electrons. The summed E-state index contributed by atoms with van der Waals surface area (Å²) in [7, 11) is 0. The quantitative estimate of drug-likeness (QED) is 0.739. The molecule has 2 heterocycles. The summed E-state index contributed by atoms with van der Waals surface area (Å²) in [5.74, 6) is 0.873. The van der Waals surface area contributed by atoms with Gasteiger partial charge in [0.25, 0.3) is 0 Å².